The Balaban J connectivity index is 0. The predicted octanol–water partition coefficient (Wildman–Crippen LogP) is -2.88. The summed E-state index contributed by atoms with van der Waals surface area (Å²) in [6.07, 6.45) is 0. The Kier molecular flexibility index (Phi) is 8.33. The van der Waals surface area contributed by atoms with Gasteiger partial charge in [-0.05, 0) is 0 Å². The normalized spacial score (nSPS) is 4.80. The molecule has 5 heavy (non-hydrogen) atoms. The summed E-state index contributed by atoms with van der Waals surface area (Å²) in [7, 11) is 0. The van der Waals surface area contributed by atoms with Crippen molar-refractivity contribution in [2.45, 2.75) is 0 Å². The minimum absolute atomic E-state index is 0. The van der Waals surface area contributed by atoms with Gasteiger partial charge in [0.15, 0.2) is 0 Å². The van der Waals surface area contributed by atoms with Crippen molar-refractivity contribution < 1.29 is 31.5 Å². The Morgan fingerprint density at radius 3 is 1.40 bits per heavy atom. The van der Waals surface area contributed by atoms with Crippen LogP contribution in [-0.4, -0.2) is 15.0 Å². The SMILES string of the molecule is [O]=[Ge]([O-])[O-].[Zn+2]. The van der Waals surface area contributed by atoms with Gasteiger partial charge in [-0.3, -0.25) is 0 Å². The van der Waals surface area contributed by atoms with Gasteiger partial charge in [-0.2, -0.15) is 0 Å². The standard InChI is InChI=1S/GeO3.Zn/c2-1(3)4;/q-2;+2. The van der Waals surface area contributed by atoms with Crippen molar-refractivity contribution in [3.63, 3.8) is 0 Å². The molecule has 24 valence electrons. The van der Waals surface area contributed by atoms with Crippen molar-refractivity contribution in [1.29, 1.82) is 0 Å². The van der Waals surface area contributed by atoms with E-state index < -0.39 is 15.0 Å². The molecule has 0 bridgehead atoms. The molecule has 0 radical (unpaired) electrons. The number of hydrogen-bond donors (Lipinski definition) is 0. The second-order valence-corrected chi connectivity index (χ2v) is 1.30. The Hall–Kier alpha value is 0.566. The molecule has 0 aliphatic heterocycles. The van der Waals surface area contributed by atoms with Crippen LogP contribution in [0.2, 0.25) is 0 Å². The zero-order valence-corrected chi connectivity index (χ0v) is 7.50. The van der Waals surface area contributed by atoms with E-state index in [1.54, 1.807) is 0 Å². The second kappa shape index (κ2) is 4.57. The summed E-state index contributed by atoms with van der Waals surface area (Å²) < 4.78 is 25.8. The van der Waals surface area contributed by atoms with Gasteiger partial charge >= 0.3 is 46.5 Å². The summed E-state index contributed by atoms with van der Waals surface area (Å²) >= 11 is -4.08. The molecule has 0 saturated heterocycles. The Bertz CT molecular complexity index is 29.9. The van der Waals surface area contributed by atoms with E-state index in [9.17, 15) is 0 Å². The minimum atomic E-state index is -4.08. The molecule has 0 aromatic rings. The first kappa shape index (κ1) is 9.13. The van der Waals surface area contributed by atoms with Gasteiger partial charge in [0.05, 0.1) is 0 Å². The minimum Gasteiger partial charge on any atom is 2.00 e. The molecule has 0 aromatic carbocycles. The van der Waals surface area contributed by atoms with Gasteiger partial charge < -0.3 is 0 Å². The second-order valence-electron chi connectivity index (χ2n) is 0.250. The Morgan fingerprint density at radius 2 is 1.40 bits per heavy atom. The van der Waals surface area contributed by atoms with Crippen molar-refractivity contribution in [2.75, 3.05) is 0 Å². The molecule has 0 aromatic heterocycles. The van der Waals surface area contributed by atoms with Crippen LogP contribution in [-0.2, 0) is 23.3 Å². The van der Waals surface area contributed by atoms with E-state index >= 15 is 0 Å². The maximum Gasteiger partial charge on any atom is 2.00 e. The molecule has 0 rings (SSSR count). The molecular weight excluding hydrogens is 186 g/mol. The molecule has 5 heteroatoms. The van der Waals surface area contributed by atoms with Crippen molar-refractivity contribution >= 4 is 15.0 Å². The van der Waals surface area contributed by atoms with Gasteiger partial charge in [0, 0.05) is 0 Å². The molecule has 0 aliphatic rings. The van der Waals surface area contributed by atoms with Gasteiger partial charge in [-0.25, -0.2) is 0 Å². The van der Waals surface area contributed by atoms with E-state index in [0.29, 0.717) is 0 Å². The average Bonchev–Trinajstić information content (AvgIpc) is 0.811. The quantitative estimate of drug-likeness (QED) is 0.382. The molecule has 0 amide bonds. The summed E-state index contributed by atoms with van der Waals surface area (Å²) in [6.45, 7) is 0. The fraction of sp³-hybridized carbons (Fsp3) is 0. The van der Waals surface area contributed by atoms with E-state index in [4.69, 9.17) is 12.0 Å². The van der Waals surface area contributed by atoms with Crippen LogP contribution in [0.4, 0.5) is 0 Å². The van der Waals surface area contributed by atoms with E-state index in [-0.39, 0.29) is 19.5 Å². The molecule has 0 unspecified atom stereocenters. The van der Waals surface area contributed by atoms with Gasteiger partial charge in [0.25, 0.3) is 0 Å². The maximum atomic E-state index is 8.58. The van der Waals surface area contributed by atoms with Crippen molar-refractivity contribution in [2.24, 2.45) is 0 Å². The molecule has 0 fully saturated rings. The summed E-state index contributed by atoms with van der Waals surface area (Å²) in [5.74, 6) is 0. The van der Waals surface area contributed by atoms with E-state index in [0.717, 1.165) is 0 Å². The molecule has 0 spiro atoms. The van der Waals surface area contributed by atoms with E-state index in [1.165, 1.54) is 0 Å². The summed E-state index contributed by atoms with van der Waals surface area (Å²) in [6, 6.07) is 0. The van der Waals surface area contributed by atoms with Gasteiger partial charge in [-0.1, -0.05) is 0 Å². The Morgan fingerprint density at radius 1 is 1.40 bits per heavy atom. The van der Waals surface area contributed by atoms with Crippen LogP contribution in [0.25, 0.3) is 0 Å². The zero-order chi connectivity index (χ0) is 3.58. The third-order valence-electron chi connectivity index (χ3n) is 0. The van der Waals surface area contributed by atoms with Crippen LogP contribution in [0, 0.1) is 0 Å². The third-order valence-corrected chi connectivity index (χ3v) is 0. The number of hydrogen-bond acceptors (Lipinski definition) is 3. The average molecular weight is 186 g/mol. The van der Waals surface area contributed by atoms with Crippen molar-refractivity contribution in [3.8, 4) is 0 Å². The molecule has 0 aliphatic carbocycles. The largest absolute Gasteiger partial charge is 2.00 e. The van der Waals surface area contributed by atoms with Crippen LogP contribution < -0.4 is 8.27 Å². The summed E-state index contributed by atoms with van der Waals surface area (Å²) in [5.41, 5.74) is 0. The van der Waals surface area contributed by atoms with Crippen LogP contribution in [0.3, 0.4) is 0 Å². The van der Waals surface area contributed by atoms with Crippen molar-refractivity contribution in [1.82, 2.24) is 0 Å². The van der Waals surface area contributed by atoms with Gasteiger partial charge in [0.2, 0.25) is 0 Å². The van der Waals surface area contributed by atoms with Gasteiger partial charge in [0.1, 0.15) is 0 Å². The Labute approximate surface area is 46.8 Å². The summed E-state index contributed by atoms with van der Waals surface area (Å²) in [5, 5.41) is 0. The third kappa shape index (κ3) is 93.8. The van der Waals surface area contributed by atoms with Gasteiger partial charge in [-0.15, -0.1) is 0 Å². The smallest absolute Gasteiger partial charge is 2.00 e. The molecule has 3 nitrogen and oxygen atoms in total. The molecular formula is GeO3Zn. The van der Waals surface area contributed by atoms with E-state index in [2.05, 4.69) is 0 Å². The summed E-state index contributed by atoms with van der Waals surface area (Å²) in [4.78, 5) is 0. The van der Waals surface area contributed by atoms with Crippen LogP contribution in [0.1, 0.15) is 0 Å². The monoisotopic (exact) mass is 186 g/mol. The van der Waals surface area contributed by atoms with Crippen LogP contribution >= 0.6 is 0 Å². The van der Waals surface area contributed by atoms with Crippen molar-refractivity contribution in [3.05, 3.63) is 0 Å². The predicted molar refractivity (Wildman–Crippen MR) is 6.44 cm³/mol. The van der Waals surface area contributed by atoms with Crippen LogP contribution in [0.15, 0.2) is 0 Å². The fourth-order valence-electron chi connectivity index (χ4n) is 0. The number of rotatable bonds is 0. The molecule has 0 N–H and O–H groups in total. The molecule has 0 saturated carbocycles. The van der Waals surface area contributed by atoms with Crippen LogP contribution in [0.5, 0.6) is 0 Å². The first-order chi connectivity index (χ1) is 1.73. The zero-order valence-electron chi connectivity index (χ0n) is 2.43. The fourth-order valence-corrected chi connectivity index (χ4v) is 0. The molecule has 0 atom stereocenters. The molecule has 0 heterocycles. The maximum absolute atomic E-state index is 8.58. The van der Waals surface area contributed by atoms with E-state index in [1.807, 2.05) is 0 Å². The first-order valence-electron chi connectivity index (χ1n) is 0.612. The first-order valence-corrected chi connectivity index (χ1v) is 3.18. The topological polar surface area (TPSA) is 63.2 Å².